The van der Waals surface area contributed by atoms with Crippen molar-refractivity contribution in [3.8, 4) is 11.5 Å². The zero-order valence-electron chi connectivity index (χ0n) is 14.4. The normalized spacial score (nSPS) is 10.7. The van der Waals surface area contributed by atoms with Crippen LogP contribution in [0.2, 0.25) is 0 Å². The van der Waals surface area contributed by atoms with Crippen LogP contribution in [-0.4, -0.2) is 26.2 Å². The van der Waals surface area contributed by atoms with Gasteiger partial charge in [-0.3, -0.25) is 9.78 Å². The van der Waals surface area contributed by atoms with E-state index in [-0.39, 0.29) is 5.92 Å². The highest BCUT2D eigenvalue weighted by Gasteiger charge is 2.14. The Kier molecular flexibility index (Phi) is 4.79. The molecule has 0 radical (unpaired) electrons. The highest BCUT2D eigenvalue weighted by Crippen LogP contribution is 2.27. The molecule has 6 heteroatoms. The van der Waals surface area contributed by atoms with E-state index in [9.17, 15) is 4.79 Å². The van der Waals surface area contributed by atoms with Crippen molar-refractivity contribution in [2.45, 2.75) is 26.7 Å². The number of pyridine rings is 2. The minimum atomic E-state index is 0.225. The summed E-state index contributed by atoms with van der Waals surface area (Å²) in [5.41, 5.74) is 3.72. The van der Waals surface area contributed by atoms with Gasteiger partial charge in [-0.1, -0.05) is 19.9 Å². The second kappa shape index (κ2) is 7.17. The van der Waals surface area contributed by atoms with Crippen LogP contribution < -0.4 is 5.32 Å². The van der Waals surface area contributed by atoms with E-state index in [1.165, 1.54) is 6.20 Å². The van der Waals surface area contributed by atoms with E-state index < -0.39 is 0 Å². The number of nitrogens with one attached hydrogen (secondary N) is 1. The minimum absolute atomic E-state index is 0.225. The molecule has 0 amide bonds. The molecular formula is C19H19N5O. The lowest BCUT2D eigenvalue weighted by Gasteiger charge is -2.15. The second-order valence-corrected chi connectivity index (χ2v) is 6.02. The van der Waals surface area contributed by atoms with E-state index in [0.717, 1.165) is 17.5 Å². The third-order valence-corrected chi connectivity index (χ3v) is 3.79. The summed E-state index contributed by atoms with van der Waals surface area (Å²) in [6, 6.07) is 7.49. The van der Waals surface area contributed by atoms with Gasteiger partial charge in [0.15, 0.2) is 12.1 Å². The number of carbonyl (C=O) groups is 1. The van der Waals surface area contributed by atoms with E-state index in [1.807, 2.05) is 25.1 Å². The van der Waals surface area contributed by atoms with Gasteiger partial charge < -0.3 is 5.32 Å². The van der Waals surface area contributed by atoms with Crippen LogP contribution in [0.3, 0.4) is 0 Å². The molecule has 0 unspecified atom stereocenters. The SMILES string of the molecule is Cc1cccc(-c2ncc(C(C)C)c(Nc3ccncc3C=O)n2)n1. The zero-order chi connectivity index (χ0) is 17.8. The standard InChI is InChI=1S/C19H19N5O/c1-12(2)15-10-21-19(17-6-4-5-13(3)22-17)24-18(15)23-16-7-8-20-9-14(16)11-25/h4-12H,1-3H3,(H,20,21,23,24). The van der Waals surface area contributed by atoms with Crippen LogP contribution in [0.1, 0.15) is 41.4 Å². The molecule has 0 spiro atoms. The lowest BCUT2D eigenvalue weighted by Crippen LogP contribution is -2.06. The van der Waals surface area contributed by atoms with Crippen molar-refractivity contribution in [2.24, 2.45) is 0 Å². The van der Waals surface area contributed by atoms with Gasteiger partial charge in [0.05, 0.1) is 11.3 Å². The van der Waals surface area contributed by atoms with Gasteiger partial charge in [0.1, 0.15) is 11.5 Å². The number of hydrogen-bond donors (Lipinski definition) is 1. The molecule has 0 aromatic carbocycles. The first-order chi connectivity index (χ1) is 12.1. The third-order valence-electron chi connectivity index (χ3n) is 3.79. The Balaban J connectivity index is 2.06. The first kappa shape index (κ1) is 16.7. The van der Waals surface area contributed by atoms with Gasteiger partial charge in [0.25, 0.3) is 0 Å². The first-order valence-corrected chi connectivity index (χ1v) is 8.05. The summed E-state index contributed by atoms with van der Waals surface area (Å²) in [5, 5.41) is 3.25. The van der Waals surface area contributed by atoms with Gasteiger partial charge in [-0.25, -0.2) is 15.0 Å². The molecule has 0 aliphatic rings. The third kappa shape index (κ3) is 3.68. The van der Waals surface area contributed by atoms with Crippen molar-refractivity contribution in [3.05, 3.63) is 59.7 Å². The number of aromatic nitrogens is 4. The summed E-state index contributed by atoms with van der Waals surface area (Å²) in [5.74, 6) is 1.43. The second-order valence-electron chi connectivity index (χ2n) is 6.02. The summed E-state index contributed by atoms with van der Waals surface area (Å²) in [7, 11) is 0. The predicted molar refractivity (Wildman–Crippen MR) is 97.0 cm³/mol. The molecule has 0 aliphatic carbocycles. The van der Waals surface area contributed by atoms with E-state index in [4.69, 9.17) is 0 Å². The van der Waals surface area contributed by atoms with Gasteiger partial charge in [-0.15, -0.1) is 0 Å². The Morgan fingerprint density at radius 2 is 1.96 bits per heavy atom. The van der Waals surface area contributed by atoms with E-state index >= 15 is 0 Å². The van der Waals surface area contributed by atoms with Crippen LogP contribution in [0.4, 0.5) is 11.5 Å². The number of rotatable bonds is 5. The smallest absolute Gasteiger partial charge is 0.180 e. The molecule has 1 N–H and O–H groups in total. The van der Waals surface area contributed by atoms with Crippen LogP contribution in [0, 0.1) is 6.92 Å². The maximum atomic E-state index is 11.2. The van der Waals surface area contributed by atoms with Crippen molar-refractivity contribution in [1.82, 2.24) is 19.9 Å². The van der Waals surface area contributed by atoms with Crippen molar-refractivity contribution in [2.75, 3.05) is 5.32 Å². The van der Waals surface area contributed by atoms with Crippen LogP contribution in [0.5, 0.6) is 0 Å². The van der Waals surface area contributed by atoms with Crippen LogP contribution in [0.25, 0.3) is 11.5 Å². The zero-order valence-corrected chi connectivity index (χ0v) is 14.4. The molecule has 0 saturated carbocycles. The molecule has 0 fully saturated rings. The monoisotopic (exact) mass is 333 g/mol. The molecule has 3 heterocycles. The molecule has 6 nitrogen and oxygen atoms in total. The van der Waals surface area contributed by atoms with Crippen molar-refractivity contribution >= 4 is 17.8 Å². The van der Waals surface area contributed by atoms with E-state index in [1.54, 1.807) is 18.5 Å². The lowest BCUT2D eigenvalue weighted by molar-refractivity contribution is 0.112. The van der Waals surface area contributed by atoms with Crippen molar-refractivity contribution in [3.63, 3.8) is 0 Å². The quantitative estimate of drug-likeness (QED) is 0.713. The van der Waals surface area contributed by atoms with Gasteiger partial charge in [-0.2, -0.15) is 0 Å². The number of nitrogens with zero attached hydrogens (tertiary/aromatic N) is 4. The predicted octanol–water partition coefficient (Wildman–Crippen LogP) is 3.92. The molecule has 0 bridgehead atoms. The molecule has 3 aromatic rings. The number of hydrogen-bond acceptors (Lipinski definition) is 6. The number of aldehydes is 1. The van der Waals surface area contributed by atoms with Crippen LogP contribution >= 0.6 is 0 Å². The maximum absolute atomic E-state index is 11.2. The number of carbonyl (C=O) groups excluding carboxylic acids is 1. The highest BCUT2D eigenvalue weighted by atomic mass is 16.1. The van der Waals surface area contributed by atoms with Gasteiger partial charge >= 0.3 is 0 Å². The molecule has 126 valence electrons. The average molecular weight is 333 g/mol. The summed E-state index contributed by atoms with van der Waals surface area (Å²) >= 11 is 0. The van der Waals surface area contributed by atoms with E-state index in [2.05, 4.69) is 39.1 Å². The van der Waals surface area contributed by atoms with Gasteiger partial charge in [0.2, 0.25) is 0 Å². The van der Waals surface area contributed by atoms with Gasteiger partial charge in [0, 0.05) is 29.8 Å². The largest absolute Gasteiger partial charge is 0.339 e. The molecule has 0 saturated heterocycles. The number of aryl methyl sites for hydroxylation is 1. The molecule has 3 rings (SSSR count). The Hall–Kier alpha value is -3.15. The Morgan fingerprint density at radius 1 is 1.12 bits per heavy atom. The van der Waals surface area contributed by atoms with Crippen molar-refractivity contribution in [1.29, 1.82) is 0 Å². The fourth-order valence-corrected chi connectivity index (χ4v) is 2.45. The van der Waals surface area contributed by atoms with Crippen LogP contribution in [0.15, 0.2) is 42.9 Å². The molecule has 0 atom stereocenters. The Labute approximate surface area is 146 Å². The van der Waals surface area contributed by atoms with Gasteiger partial charge in [-0.05, 0) is 31.0 Å². The van der Waals surface area contributed by atoms with Crippen molar-refractivity contribution < 1.29 is 4.79 Å². The summed E-state index contributed by atoms with van der Waals surface area (Å²) < 4.78 is 0. The fraction of sp³-hybridized carbons (Fsp3) is 0.211. The fourth-order valence-electron chi connectivity index (χ4n) is 2.45. The summed E-state index contributed by atoms with van der Waals surface area (Å²) in [4.78, 5) is 28.8. The lowest BCUT2D eigenvalue weighted by atomic mass is 10.1. The Bertz CT molecular complexity index is 908. The molecule has 0 aliphatic heterocycles. The Morgan fingerprint density at radius 3 is 2.68 bits per heavy atom. The molecular weight excluding hydrogens is 314 g/mol. The number of anilines is 2. The summed E-state index contributed by atoms with van der Waals surface area (Å²) in [6.45, 7) is 6.07. The van der Waals surface area contributed by atoms with Crippen LogP contribution in [-0.2, 0) is 0 Å². The maximum Gasteiger partial charge on any atom is 0.180 e. The highest BCUT2D eigenvalue weighted by molar-refractivity contribution is 5.85. The first-order valence-electron chi connectivity index (χ1n) is 8.05. The summed E-state index contributed by atoms with van der Waals surface area (Å²) in [6.07, 6.45) is 5.74. The molecule has 3 aromatic heterocycles. The average Bonchev–Trinajstić information content (AvgIpc) is 2.62. The topological polar surface area (TPSA) is 80.7 Å². The molecule has 25 heavy (non-hydrogen) atoms. The van der Waals surface area contributed by atoms with E-state index in [0.29, 0.717) is 28.6 Å². The minimum Gasteiger partial charge on any atom is -0.339 e.